The van der Waals surface area contributed by atoms with E-state index in [9.17, 15) is 44.1 Å². The molecule has 0 bridgehead atoms. The Kier molecular flexibility index (Phi) is 36.9. The molecule has 8 aromatic rings. The molecule has 100 heavy (non-hydrogen) atoms. The minimum absolute atomic E-state index is 0.236. The number of ether oxygens (including phenoxy) is 10. The number of halogens is 8. The van der Waals surface area contributed by atoms with Crippen molar-refractivity contribution in [3.63, 3.8) is 0 Å². The van der Waals surface area contributed by atoms with Gasteiger partial charge in [0, 0.05) is 34.1 Å². The highest BCUT2D eigenvalue weighted by Gasteiger charge is 2.21. The Morgan fingerprint density at radius 3 is 0.850 bits per heavy atom. The SMILES string of the molecule is C[N+](=O)[O-].C[N+](=O)[O-].Cc1cc(C)cc(C(=O)OCc2ccc(-c3cc[n+](CC[n+]4ccc(-c5ccc(COC(=O)c6cc(C)cc(C)c6)cc5)cc4)cc3)cc2)c1.F[B-](F)(F)F.F[B-](F)(F)F.c1ccc2c(c1)OCCOCCOCCOc1ccccc1OCCOCCOCCO2. The Hall–Kier alpha value is -10.0. The van der Waals surface area contributed by atoms with Crippen LogP contribution in [0.25, 0.3) is 22.3 Å². The molecule has 0 aliphatic carbocycles. The average Bonchev–Trinajstić information content (AvgIpc) is 0.856. The first-order valence-corrected chi connectivity index (χ1v) is 31.2. The fourth-order valence-electron chi connectivity index (χ4n) is 8.93. The van der Waals surface area contributed by atoms with Crippen LogP contribution in [-0.2, 0) is 54.7 Å². The molecule has 0 saturated carbocycles. The number of pyridine rings is 2. The number of nitrogens with zero attached hydrogens (tertiary/aromatic N) is 4. The number of benzene rings is 6. The number of esters is 2. The number of carbonyl (C=O) groups is 2. The van der Waals surface area contributed by atoms with Gasteiger partial charge in [-0.15, -0.1) is 0 Å². The Balaban J connectivity index is 0.000000360. The highest BCUT2D eigenvalue weighted by Crippen LogP contribution is 2.28. The minimum Gasteiger partial charge on any atom is -0.487 e. The van der Waals surface area contributed by atoms with E-state index in [0.717, 1.165) is 82.8 Å². The van der Waals surface area contributed by atoms with Crippen LogP contribution in [0.5, 0.6) is 23.0 Å². The molecule has 0 unspecified atom stereocenters. The third kappa shape index (κ3) is 37.6. The molecule has 20 nitrogen and oxygen atoms in total. The summed E-state index contributed by atoms with van der Waals surface area (Å²) in [6.45, 7) is 15.5. The molecule has 6 aromatic carbocycles. The van der Waals surface area contributed by atoms with E-state index in [1.54, 1.807) is 0 Å². The number of aromatic nitrogens is 2. The van der Waals surface area contributed by atoms with Crippen molar-refractivity contribution >= 4 is 26.4 Å². The van der Waals surface area contributed by atoms with Crippen molar-refractivity contribution < 1.29 is 110 Å². The second kappa shape index (κ2) is 44.8. The van der Waals surface area contributed by atoms with Gasteiger partial charge in [-0.3, -0.25) is 20.2 Å². The molecule has 1 aliphatic rings. The quantitative estimate of drug-likeness (QED) is 0.0293. The van der Waals surface area contributed by atoms with Gasteiger partial charge in [-0.1, -0.05) is 107 Å². The van der Waals surface area contributed by atoms with Crippen LogP contribution in [0.3, 0.4) is 0 Å². The molecule has 538 valence electrons. The van der Waals surface area contributed by atoms with Crippen molar-refractivity contribution in [2.24, 2.45) is 0 Å². The van der Waals surface area contributed by atoms with Crippen LogP contribution in [0, 0.1) is 47.9 Å². The number of fused-ring (bicyclic) bond motifs is 2. The predicted molar refractivity (Wildman–Crippen MR) is 359 cm³/mol. The number of nitro groups is 2. The Labute approximate surface area is 574 Å². The summed E-state index contributed by atoms with van der Waals surface area (Å²) in [4.78, 5) is 41.6. The van der Waals surface area contributed by atoms with E-state index in [2.05, 4.69) is 82.5 Å². The summed E-state index contributed by atoms with van der Waals surface area (Å²) in [6, 6.07) is 51.4. The minimum atomic E-state index is -6.00. The maximum Gasteiger partial charge on any atom is 0.673 e. The molecule has 0 saturated heterocycles. The van der Waals surface area contributed by atoms with Gasteiger partial charge in [-0.25, -0.2) is 9.59 Å². The van der Waals surface area contributed by atoms with Gasteiger partial charge in [0.1, 0.15) is 39.6 Å². The molecule has 1 aliphatic heterocycles. The monoisotopic (exact) mass is 1410 g/mol. The van der Waals surface area contributed by atoms with Crippen molar-refractivity contribution in [1.82, 2.24) is 0 Å². The van der Waals surface area contributed by atoms with E-state index in [-0.39, 0.29) is 25.2 Å². The number of rotatable bonds is 11. The molecule has 30 heteroatoms. The van der Waals surface area contributed by atoms with E-state index in [1.807, 2.05) is 137 Å². The lowest BCUT2D eigenvalue weighted by molar-refractivity contribution is -0.778. The zero-order valence-electron chi connectivity index (χ0n) is 56.1. The smallest absolute Gasteiger partial charge is 0.487 e. The molecule has 0 atom stereocenters. The van der Waals surface area contributed by atoms with Gasteiger partial charge < -0.3 is 81.9 Å². The first kappa shape index (κ1) is 82.4. The highest BCUT2D eigenvalue weighted by atomic mass is 19.5. The fourth-order valence-corrected chi connectivity index (χ4v) is 8.93. The standard InChI is InChI=1S/C44H42N2O4.C24H32O8.2CH3NO2.2BF4/c1-31-23-32(2)26-41(25-31)43(47)49-29-35-5-9-37(10-6-35)39-13-17-45(18-14-39)21-22-46-19-15-40(16-20-46)38-11-7-36(8-12-38)30-50-44(48)42-27-33(3)24-34(4)28-42;1-2-6-22-21(5-1)29-17-13-25-9-10-27-15-19-31-23-7-3-4-8-24(23)32-20-16-28-12-11-26-14-18-30-22;2*1-2(3)4;2*2-1(3,4)5/h5-20,23-28H,21-22,29-30H2,1-4H3;1-8H,9-20H2;2*1H3;;/q+2;;;;2*-1. The summed E-state index contributed by atoms with van der Waals surface area (Å²) in [6.07, 6.45) is 8.41. The summed E-state index contributed by atoms with van der Waals surface area (Å²) in [5.74, 6) is 2.12. The van der Waals surface area contributed by atoms with Gasteiger partial charge in [-0.2, -0.15) is 9.13 Å². The Bertz CT molecular complexity index is 3370. The second-order valence-corrected chi connectivity index (χ2v) is 21.6. The van der Waals surface area contributed by atoms with Crippen LogP contribution in [0.15, 0.2) is 183 Å². The zero-order valence-corrected chi connectivity index (χ0v) is 56.1. The lowest BCUT2D eigenvalue weighted by Gasteiger charge is -2.14. The molecule has 0 radical (unpaired) electrons. The normalized spacial score (nSPS) is 13.0. The highest BCUT2D eigenvalue weighted by molar-refractivity contribution is 6.50. The van der Waals surface area contributed by atoms with E-state index in [0.29, 0.717) is 113 Å². The van der Waals surface area contributed by atoms with Crippen LogP contribution in [0.4, 0.5) is 34.5 Å². The number of carbonyl (C=O) groups excluding carboxylic acids is 2. The molecule has 0 N–H and O–H groups in total. The van der Waals surface area contributed by atoms with Crippen LogP contribution < -0.4 is 28.1 Å². The van der Waals surface area contributed by atoms with Crippen LogP contribution in [0.2, 0.25) is 0 Å². The second-order valence-electron chi connectivity index (χ2n) is 21.6. The summed E-state index contributed by atoms with van der Waals surface area (Å²) in [5, 5.41) is 17.6. The molecule has 3 heterocycles. The van der Waals surface area contributed by atoms with Crippen LogP contribution >= 0.6 is 0 Å². The van der Waals surface area contributed by atoms with Gasteiger partial charge in [0.25, 0.3) is 0 Å². The number of hydrogen-bond donors (Lipinski definition) is 0. The van der Waals surface area contributed by atoms with Crippen molar-refractivity contribution in [2.75, 3.05) is 93.4 Å². The van der Waals surface area contributed by atoms with Gasteiger partial charge in [0.05, 0.1) is 64.0 Å². The lowest BCUT2D eigenvalue weighted by atomic mass is 10.1. The fraction of sp³-hybridized carbons (Fsp3) is 0.314. The lowest BCUT2D eigenvalue weighted by Crippen LogP contribution is -2.43. The first-order valence-electron chi connectivity index (χ1n) is 31.2. The molecular weight excluding hydrogens is 1330 g/mol. The third-order valence-electron chi connectivity index (χ3n) is 13.0. The number of para-hydroxylation sites is 4. The third-order valence-corrected chi connectivity index (χ3v) is 13.0. The average molecular weight is 1410 g/mol. The van der Waals surface area contributed by atoms with Gasteiger partial charge in [-0.05, 0) is 110 Å². The summed E-state index contributed by atoms with van der Waals surface area (Å²) >= 11 is 0. The van der Waals surface area contributed by atoms with Crippen molar-refractivity contribution in [2.45, 2.75) is 54.0 Å². The topological polar surface area (TPSA) is 220 Å². The van der Waals surface area contributed by atoms with Crippen molar-refractivity contribution in [3.05, 3.63) is 247 Å². The largest absolute Gasteiger partial charge is 0.673 e. The van der Waals surface area contributed by atoms with Crippen molar-refractivity contribution in [3.8, 4) is 45.3 Å². The molecule has 0 fully saturated rings. The zero-order chi connectivity index (χ0) is 73.3. The summed E-state index contributed by atoms with van der Waals surface area (Å²) in [7, 11) is -10.2. The molecule has 9 rings (SSSR count). The van der Waals surface area contributed by atoms with Gasteiger partial charge >= 0.3 is 26.4 Å². The Morgan fingerprint density at radius 1 is 0.390 bits per heavy atom. The van der Waals surface area contributed by atoms with Crippen molar-refractivity contribution in [1.29, 1.82) is 0 Å². The first-order chi connectivity index (χ1) is 47.6. The number of hydrogen-bond acceptors (Lipinski definition) is 16. The van der Waals surface area contributed by atoms with E-state index in [4.69, 9.17) is 67.6 Å². The van der Waals surface area contributed by atoms with E-state index in [1.165, 1.54) is 0 Å². The molecule has 0 amide bonds. The van der Waals surface area contributed by atoms with Crippen LogP contribution in [0.1, 0.15) is 54.1 Å². The molecule has 0 spiro atoms. The van der Waals surface area contributed by atoms with Gasteiger partial charge in [0.2, 0.25) is 13.1 Å². The van der Waals surface area contributed by atoms with E-state index < -0.39 is 24.4 Å². The summed E-state index contributed by atoms with van der Waals surface area (Å²) < 4.78 is 139. The maximum atomic E-state index is 12.5. The molecular formula is C70H80B2F8N4O16. The summed E-state index contributed by atoms with van der Waals surface area (Å²) in [5.41, 5.74) is 11.7. The van der Waals surface area contributed by atoms with Gasteiger partial charge in [0.15, 0.2) is 61.9 Å². The van der Waals surface area contributed by atoms with E-state index >= 15 is 0 Å². The maximum absolute atomic E-state index is 12.5. The Morgan fingerprint density at radius 2 is 0.610 bits per heavy atom. The predicted octanol–water partition coefficient (Wildman–Crippen LogP) is 13.6. The van der Waals surface area contributed by atoms with Crippen LogP contribution in [-0.4, -0.2) is 130 Å². The molecule has 2 aromatic heterocycles. The number of aryl methyl sites for hydroxylation is 6.